The molecule has 0 aromatic carbocycles. The molecule has 2 rings (SSSR count). The molecule has 0 aliphatic heterocycles. The van der Waals surface area contributed by atoms with Gasteiger partial charge in [-0.15, -0.1) is 0 Å². The zero-order chi connectivity index (χ0) is 10.8. The van der Waals surface area contributed by atoms with Crippen molar-refractivity contribution in [3.05, 3.63) is 10.7 Å². The van der Waals surface area contributed by atoms with Crippen molar-refractivity contribution >= 4 is 27.7 Å². The van der Waals surface area contributed by atoms with Gasteiger partial charge in [0.25, 0.3) is 0 Å². The number of nitrogens with two attached hydrogens (primary N) is 1. The van der Waals surface area contributed by atoms with E-state index in [1.807, 2.05) is 0 Å². The van der Waals surface area contributed by atoms with E-state index in [0.29, 0.717) is 11.9 Å². The normalized spacial score (nSPS) is 15.3. The quantitative estimate of drug-likeness (QED) is 0.853. The van der Waals surface area contributed by atoms with Crippen LogP contribution >= 0.6 is 15.9 Å². The zero-order valence-corrected chi connectivity index (χ0v) is 10.4. The Kier molecular flexibility index (Phi) is 3.09. The molecule has 1 aliphatic rings. The number of hydrogen-bond donors (Lipinski definition) is 1. The average Bonchev–Trinajstić information content (AvgIpc) is 2.95. The van der Waals surface area contributed by atoms with Crippen LogP contribution in [0.25, 0.3) is 0 Å². The fourth-order valence-electron chi connectivity index (χ4n) is 1.62. The third-order valence-electron chi connectivity index (χ3n) is 2.41. The molecule has 0 bridgehead atoms. The van der Waals surface area contributed by atoms with Crippen molar-refractivity contribution in [2.45, 2.75) is 32.2 Å². The van der Waals surface area contributed by atoms with Crippen molar-refractivity contribution < 1.29 is 0 Å². The molecule has 1 aliphatic carbocycles. The summed E-state index contributed by atoms with van der Waals surface area (Å²) >= 11 is 3.34. The lowest BCUT2D eigenvalue weighted by Crippen LogP contribution is -2.28. The minimum absolute atomic E-state index is 0.522. The number of halogens is 1. The largest absolute Gasteiger partial charge is 0.383 e. The second-order valence-electron chi connectivity index (χ2n) is 3.84. The van der Waals surface area contributed by atoms with Gasteiger partial charge >= 0.3 is 0 Å². The SMILES string of the molecule is CCCN(c1nc(N)cc(Br)n1)C1CC1. The highest BCUT2D eigenvalue weighted by Crippen LogP contribution is 2.30. The Balaban J connectivity index is 2.24. The van der Waals surface area contributed by atoms with Crippen molar-refractivity contribution in [2.24, 2.45) is 0 Å². The van der Waals surface area contributed by atoms with Gasteiger partial charge in [0.1, 0.15) is 10.4 Å². The molecule has 15 heavy (non-hydrogen) atoms. The lowest BCUT2D eigenvalue weighted by atomic mass is 10.4. The van der Waals surface area contributed by atoms with E-state index in [-0.39, 0.29) is 0 Å². The molecule has 0 atom stereocenters. The molecule has 0 radical (unpaired) electrons. The van der Waals surface area contributed by atoms with E-state index in [9.17, 15) is 0 Å². The molecule has 0 unspecified atom stereocenters. The van der Waals surface area contributed by atoms with Crippen LogP contribution in [0, 0.1) is 0 Å². The van der Waals surface area contributed by atoms with Crippen LogP contribution in [-0.4, -0.2) is 22.6 Å². The van der Waals surface area contributed by atoms with Crippen molar-refractivity contribution in [2.75, 3.05) is 17.2 Å². The third kappa shape index (κ3) is 2.59. The predicted octanol–water partition coefficient (Wildman–Crippen LogP) is 2.20. The molecule has 1 aromatic heterocycles. The minimum atomic E-state index is 0.522. The fourth-order valence-corrected chi connectivity index (χ4v) is 2.02. The van der Waals surface area contributed by atoms with Gasteiger partial charge < -0.3 is 10.6 Å². The summed E-state index contributed by atoms with van der Waals surface area (Å²) in [6.07, 6.45) is 3.60. The topological polar surface area (TPSA) is 55.0 Å². The van der Waals surface area contributed by atoms with Gasteiger partial charge in [-0.2, -0.15) is 4.98 Å². The molecule has 82 valence electrons. The van der Waals surface area contributed by atoms with E-state index >= 15 is 0 Å². The summed E-state index contributed by atoms with van der Waals surface area (Å²) in [6.45, 7) is 3.16. The summed E-state index contributed by atoms with van der Waals surface area (Å²) in [4.78, 5) is 10.9. The summed E-state index contributed by atoms with van der Waals surface area (Å²) in [5.41, 5.74) is 5.71. The predicted molar refractivity (Wildman–Crippen MR) is 64.8 cm³/mol. The first-order valence-electron chi connectivity index (χ1n) is 5.27. The van der Waals surface area contributed by atoms with E-state index in [1.54, 1.807) is 6.07 Å². The number of hydrogen-bond acceptors (Lipinski definition) is 4. The highest BCUT2D eigenvalue weighted by atomic mass is 79.9. The maximum atomic E-state index is 5.71. The molecule has 2 N–H and O–H groups in total. The van der Waals surface area contributed by atoms with Crippen molar-refractivity contribution in [3.8, 4) is 0 Å². The van der Waals surface area contributed by atoms with Gasteiger partial charge in [-0.1, -0.05) is 6.92 Å². The Labute approximate surface area is 98.0 Å². The lowest BCUT2D eigenvalue weighted by molar-refractivity contribution is 0.734. The van der Waals surface area contributed by atoms with E-state index in [0.717, 1.165) is 23.5 Å². The second kappa shape index (κ2) is 4.35. The summed E-state index contributed by atoms with van der Waals surface area (Å²) in [6, 6.07) is 2.35. The summed E-state index contributed by atoms with van der Waals surface area (Å²) in [5, 5.41) is 0. The van der Waals surface area contributed by atoms with Crippen LogP contribution in [0.5, 0.6) is 0 Å². The number of anilines is 2. The summed E-state index contributed by atoms with van der Waals surface area (Å²) in [7, 11) is 0. The van der Waals surface area contributed by atoms with Crippen LogP contribution in [0.3, 0.4) is 0 Å². The molecule has 0 amide bonds. The first-order valence-corrected chi connectivity index (χ1v) is 6.06. The zero-order valence-electron chi connectivity index (χ0n) is 8.78. The Morgan fingerprint density at radius 1 is 1.53 bits per heavy atom. The number of nitrogens with zero attached hydrogens (tertiary/aromatic N) is 3. The van der Waals surface area contributed by atoms with Gasteiger partial charge in [0.15, 0.2) is 0 Å². The Morgan fingerprint density at radius 3 is 2.80 bits per heavy atom. The monoisotopic (exact) mass is 270 g/mol. The van der Waals surface area contributed by atoms with Crippen molar-refractivity contribution in [1.82, 2.24) is 9.97 Å². The number of aromatic nitrogens is 2. The molecule has 1 saturated carbocycles. The first-order chi connectivity index (χ1) is 7.20. The summed E-state index contributed by atoms with van der Waals surface area (Å²) in [5.74, 6) is 1.28. The van der Waals surface area contributed by atoms with E-state index in [4.69, 9.17) is 5.73 Å². The van der Waals surface area contributed by atoms with Crippen LogP contribution in [-0.2, 0) is 0 Å². The van der Waals surface area contributed by atoms with Gasteiger partial charge in [-0.25, -0.2) is 4.98 Å². The van der Waals surface area contributed by atoms with Crippen LogP contribution in [0.1, 0.15) is 26.2 Å². The second-order valence-corrected chi connectivity index (χ2v) is 4.65. The fraction of sp³-hybridized carbons (Fsp3) is 0.600. The molecule has 0 saturated heterocycles. The summed E-state index contributed by atoms with van der Waals surface area (Å²) < 4.78 is 0.756. The molecule has 0 spiro atoms. The van der Waals surface area contributed by atoms with E-state index in [1.165, 1.54) is 12.8 Å². The van der Waals surface area contributed by atoms with Gasteiger partial charge in [-0.3, -0.25) is 0 Å². The smallest absolute Gasteiger partial charge is 0.228 e. The molecule has 5 heteroatoms. The van der Waals surface area contributed by atoms with Gasteiger partial charge in [0.05, 0.1) is 0 Å². The third-order valence-corrected chi connectivity index (χ3v) is 2.82. The number of nitrogen functional groups attached to an aromatic ring is 1. The van der Waals surface area contributed by atoms with E-state index in [2.05, 4.69) is 37.7 Å². The van der Waals surface area contributed by atoms with Crippen LogP contribution in [0.4, 0.5) is 11.8 Å². The molecule has 1 fully saturated rings. The standard InChI is InChI=1S/C10H15BrN4/c1-2-5-15(7-3-4-7)10-13-8(11)6-9(12)14-10/h6-7H,2-5H2,1H3,(H2,12,13,14). The Bertz CT molecular complexity index is 331. The van der Waals surface area contributed by atoms with E-state index < -0.39 is 0 Å². The lowest BCUT2D eigenvalue weighted by Gasteiger charge is -2.21. The van der Waals surface area contributed by atoms with Crippen molar-refractivity contribution in [3.63, 3.8) is 0 Å². The molecule has 1 heterocycles. The van der Waals surface area contributed by atoms with Crippen LogP contribution in [0.15, 0.2) is 10.7 Å². The molecular formula is C10H15BrN4. The molecule has 4 nitrogen and oxygen atoms in total. The molecule has 1 aromatic rings. The minimum Gasteiger partial charge on any atom is -0.383 e. The Hall–Kier alpha value is -0.840. The van der Waals surface area contributed by atoms with Gasteiger partial charge in [-0.05, 0) is 35.2 Å². The number of rotatable bonds is 4. The average molecular weight is 271 g/mol. The highest BCUT2D eigenvalue weighted by Gasteiger charge is 2.30. The highest BCUT2D eigenvalue weighted by molar-refractivity contribution is 9.10. The van der Waals surface area contributed by atoms with Gasteiger partial charge in [0, 0.05) is 18.7 Å². The van der Waals surface area contributed by atoms with Crippen LogP contribution in [0.2, 0.25) is 0 Å². The first kappa shape index (κ1) is 10.7. The van der Waals surface area contributed by atoms with Gasteiger partial charge in [0.2, 0.25) is 5.95 Å². The van der Waals surface area contributed by atoms with Crippen LogP contribution < -0.4 is 10.6 Å². The maximum Gasteiger partial charge on any atom is 0.228 e. The molecular weight excluding hydrogens is 256 g/mol. The Morgan fingerprint density at radius 2 is 2.27 bits per heavy atom. The van der Waals surface area contributed by atoms with Crippen molar-refractivity contribution in [1.29, 1.82) is 0 Å². The maximum absolute atomic E-state index is 5.71.